The molecule has 4 aromatic rings. The second-order valence-corrected chi connectivity index (χ2v) is 11.8. The van der Waals surface area contributed by atoms with Crippen molar-refractivity contribution < 1.29 is 27.5 Å². The van der Waals surface area contributed by atoms with Crippen LogP contribution in [0.3, 0.4) is 0 Å². The summed E-state index contributed by atoms with van der Waals surface area (Å²) >= 11 is 1.25. The molecule has 13 heteroatoms. The number of benzene rings is 3. The molecule has 3 aromatic carbocycles. The van der Waals surface area contributed by atoms with E-state index in [9.17, 15) is 22.8 Å². The maximum absolute atomic E-state index is 12.9. The number of halogens is 3. The van der Waals surface area contributed by atoms with Crippen LogP contribution in [0, 0.1) is 6.92 Å². The van der Waals surface area contributed by atoms with Gasteiger partial charge in [0, 0.05) is 11.6 Å². The van der Waals surface area contributed by atoms with Crippen LogP contribution in [0.4, 0.5) is 23.7 Å². The Labute approximate surface area is 262 Å². The van der Waals surface area contributed by atoms with Gasteiger partial charge < -0.3 is 10.1 Å². The van der Waals surface area contributed by atoms with Crippen LogP contribution in [0.2, 0.25) is 0 Å². The zero-order valence-electron chi connectivity index (χ0n) is 25.0. The number of aliphatic imine (C=N–C) groups is 1. The minimum Gasteiger partial charge on any atom is -0.406 e. The summed E-state index contributed by atoms with van der Waals surface area (Å²) in [5, 5.41) is 7.69. The Balaban J connectivity index is 1.20. The molecule has 0 spiro atoms. The summed E-state index contributed by atoms with van der Waals surface area (Å²) in [5.74, 6) is 0.416. The molecule has 1 saturated heterocycles. The summed E-state index contributed by atoms with van der Waals surface area (Å²) in [6, 6.07) is 17.9. The van der Waals surface area contributed by atoms with Crippen LogP contribution >= 0.6 is 11.8 Å². The first-order valence-corrected chi connectivity index (χ1v) is 15.2. The molecule has 0 saturated carbocycles. The highest BCUT2D eigenvalue weighted by molar-refractivity contribution is 8.15. The molecule has 9 nitrogen and oxygen atoms in total. The number of anilines is 1. The van der Waals surface area contributed by atoms with Crippen LogP contribution in [0.15, 0.2) is 78.0 Å². The molecular formula is C32H31F3N6O3S. The van der Waals surface area contributed by atoms with Gasteiger partial charge in [-0.25, -0.2) is 14.5 Å². The number of hydrogen-bond acceptors (Lipinski definition) is 6. The second-order valence-electron chi connectivity index (χ2n) is 10.9. The number of urea groups is 1. The molecule has 5 rings (SSSR count). The van der Waals surface area contributed by atoms with Gasteiger partial charge in [-0.15, -0.1) is 18.3 Å². The number of ether oxygens (including phenoxy) is 1. The molecule has 3 amide bonds. The highest BCUT2D eigenvalue weighted by Gasteiger charge is 2.33. The summed E-state index contributed by atoms with van der Waals surface area (Å²) < 4.78 is 42.6. The third-order valence-electron chi connectivity index (χ3n) is 7.03. The predicted octanol–water partition coefficient (Wildman–Crippen LogP) is 7.04. The van der Waals surface area contributed by atoms with Gasteiger partial charge in [0.15, 0.2) is 11.0 Å². The smallest absolute Gasteiger partial charge is 0.406 e. The highest BCUT2D eigenvalue weighted by atomic mass is 32.2. The summed E-state index contributed by atoms with van der Waals surface area (Å²) in [6.45, 7) is 8.03. The molecule has 1 atom stereocenters. The molecule has 45 heavy (non-hydrogen) atoms. The third-order valence-corrected chi connectivity index (χ3v) is 7.96. The molecular weight excluding hydrogens is 605 g/mol. The first-order valence-electron chi connectivity index (χ1n) is 14.2. The molecule has 1 unspecified atom stereocenters. The standard InChI is InChI=1S/C32H31F3N6O3S/c1-19(2)28-20(3)6-5-7-26(28)41-27(42)17-45-31(41)38-30(43)37-21(4)16-22-8-10-23(11-9-22)29-36-18-40(39-29)24-12-14-25(15-13-24)44-32(33,34)35/h5-15,18-19,21H,16-17H2,1-4H3,(H,37,43)/b38-31-. The minimum absolute atomic E-state index is 0.111. The van der Waals surface area contributed by atoms with E-state index in [0.717, 1.165) is 27.9 Å². The second kappa shape index (κ2) is 13.1. The van der Waals surface area contributed by atoms with E-state index < -0.39 is 12.4 Å². The van der Waals surface area contributed by atoms with Gasteiger partial charge in [0.1, 0.15) is 12.1 Å². The number of carbonyl (C=O) groups is 2. The maximum Gasteiger partial charge on any atom is 0.573 e. The number of aromatic nitrogens is 3. The first kappa shape index (κ1) is 31.8. The minimum atomic E-state index is -4.76. The quantitative estimate of drug-likeness (QED) is 0.223. The van der Waals surface area contributed by atoms with Crippen molar-refractivity contribution in [2.24, 2.45) is 4.99 Å². The van der Waals surface area contributed by atoms with Gasteiger partial charge in [-0.3, -0.25) is 9.69 Å². The fourth-order valence-corrected chi connectivity index (χ4v) is 6.00. The number of hydrogen-bond donors (Lipinski definition) is 1. The van der Waals surface area contributed by atoms with E-state index in [1.54, 1.807) is 4.90 Å². The number of alkyl halides is 3. The van der Waals surface area contributed by atoms with Crippen LogP contribution in [0.5, 0.6) is 5.75 Å². The van der Waals surface area contributed by atoms with Crippen LogP contribution in [-0.2, 0) is 11.2 Å². The Morgan fingerprint density at radius 3 is 2.44 bits per heavy atom. The Morgan fingerprint density at radius 2 is 1.78 bits per heavy atom. The lowest BCUT2D eigenvalue weighted by atomic mass is 9.95. The average molecular weight is 637 g/mol. The molecule has 0 bridgehead atoms. The van der Waals surface area contributed by atoms with E-state index in [1.807, 2.05) is 56.3 Å². The summed E-state index contributed by atoms with van der Waals surface area (Å²) in [6.07, 6.45) is -2.75. The van der Waals surface area contributed by atoms with Crippen LogP contribution in [0.25, 0.3) is 17.1 Å². The van der Waals surface area contributed by atoms with Gasteiger partial charge in [0.2, 0.25) is 5.91 Å². The van der Waals surface area contributed by atoms with Gasteiger partial charge in [0.25, 0.3) is 0 Å². The lowest BCUT2D eigenvalue weighted by Crippen LogP contribution is -2.35. The molecule has 1 aromatic heterocycles. The first-order chi connectivity index (χ1) is 21.4. The van der Waals surface area contributed by atoms with E-state index in [4.69, 9.17) is 0 Å². The Morgan fingerprint density at radius 1 is 1.07 bits per heavy atom. The zero-order valence-corrected chi connectivity index (χ0v) is 25.8. The number of aryl methyl sites for hydroxylation is 1. The van der Waals surface area contributed by atoms with E-state index >= 15 is 0 Å². The molecule has 1 aliphatic rings. The van der Waals surface area contributed by atoms with E-state index in [0.29, 0.717) is 23.1 Å². The summed E-state index contributed by atoms with van der Waals surface area (Å²) in [4.78, 5) is 35.8. The fraction of sp³-hybridized carbons (Fsp3) is 0.281. The topological polar surface area (TPSA) is 102 Å². The highest BCUT2D eigenvalue weighted by Crippen LogP contribution is 2.35. The molecule has 1 fully saturated rings. The van der Waals surface area contributed by atoms with E-state index in [2.05, 4.69) is 39.0 Å². The van der Waals surface area contributed by atoms with Crippen molar-refractivity contribution in [1.29, 1.82) is 0 Å². The average Bonchev–Trinajstić information content (AvgIpc) is 3.59. The van der Waals surface area contributed by atoms with Crippen LogP contribution < -0.4 is 15.0 Å². The number of nitrogens with zero attached hydrogens (tertiary/aromatic N) is 5. The lowest BCUT2D eigenvalue weighted by molar-refractivity contribution is -0.274. The Hall–Kier alpha value is -4.65. The number of amides is 3. The lowest BCUT2D eigenvalue weighted by Gasteiger charge is -2.23. The molecule has 2 heterocycles. The van der Waals surface area contributed by atoms with Gasteiger partial charge in [0.05, 0.1) is 17.1 Å². The van der Waals surface area contributed by atoms with E-state index in [1.165, 1.54) is 47.0 Å². The van der Waals surface area contributed by atoms with Crippen LogP contribution in [0.1, 0.15) is 43.4 Å². The number of thioether (sulfide) groups is 1. The number of carbonyl (C=O) groups excluding carboxylic acids is 2. The number of rotatable bonds is 8. The van der Waals surface area contributed by atoms with Crippen LogP contribution in [-0.4, -0.2) is 50.0 Å². The zero-order chi connectivity index (χ0) is 32.3. The Bertz CT molecular complexity index is 1720. The summed E-state index contributed by atoms with van der Waals surface area (Å²) in [5.41, 5.74) is 5.12. The summed E-state index contributed by atoms with van der Waals surface area (Å²) in [7, 11) is 0. The SMILES string of the molecule is Cc1cccc(N2C(=O)CS/C2=N\C(=O)NC(C)Cc2ccc(-c3ncn(-c4ccc(OC(F)(F)F)cc4)n3)cc2)c1C(C)C. The normalized spacial score (nSPS) is 15.2. The number of nitrogens with one attached hydrogen (secondary N) is 1. The maximum atomic E-state index is 12.9. The molecule has 1 N–H and O–H groups in total. The molecule has 0 radical (unpaired) electrons. The molecule has 0 aliphatic carbocycles. The third kappa shape index (κ3) is 7.72. The van der Waals surface area contributed by atoms with Crippen molar-refractivity contribution in [3.63, 3.8) is 0 Å². The number of amidine groups is 1. The van der Waals surface area contributed by atoms with E-state index in [-0.39, 0.29) is 29.4 Å². The van der Waals surface area contributed by atoms with Crippen molar-refractivity contribution in [3.05, 3.63) is 89.7 Å². The fourth-order valence-electron chi connectivity index (χ4n) is 5.14. The van der Waals surface area contributed by atoms with Gasteiger partial charge in [-0.05, 0) is 73.2 Å². The van der Waals surface area contributed by atoms with Crippen molar-refractivity contribution in [2.45, 2.75) is 52.4 Å². The molecule has 234 valence electrons. The van der Waals surface area contributed by atoms with Crippen molar-refractivity contribution in [1.82, 2.24) is 20.1 Å². The van der Waals surface area contributed by atoms with Crippen molar-refractivity contribution in [3.8, 4) is 22.8 Å². The van der Waals surface area contributed by atoms with Crippen molar-refractivity contribution >= 4 is 34.6 Å². The molecule has 1 aliphatic heterocycles. The Kier molecular flexibility index (Phi) is 9.28. The van der Waals surface area contributed by atoms with Crippen molar-refractivity contribution in [2.75, 3.05) is 10.7 Å². The monoisotopic (exact) mass is 636 g/mol. The van der Waals surface area contributed by atoms with Gasteiger partial charge in [-0.1, -0.05) is 62.0 Å². The predicted molar refractivity (Wildman–Crippen MR) is 168 cm³/mol. The largest absolute Gasteiger partial charge is 0.573 e. The van der Waals surface area contributed by atoms with Gasteiger partial charge in [-0.2, -0.15) is 4.99 Å². The van der Waals surface area contributed by atoms with Gasteiger partial charge >= 0.3 is 12.4 Å².